The van der Waals surface area contributed by atoms with Gasteiger partial charge >= 0.3 is 6.18 Å². The molecule has 0 unspecified atom stereocenters. The number of benzene rings is 1. The molecule has 0 spiro atoms. The van der Waals surface area contributed by atoms with E-state index in [1.54, 1.807) is 6.20 Å². The van der Waals surface area contributed by atoms with Crippen molar-refractivity contribution in [3.63, 3.8) is 0 Å². The van der Waals surface area contributed by atoms with Crippen molar-refractivity contribution in [3.05, 3.63) is 54.4 Å². The monoisotopic (exact) mass is 460 g/mol. The Labute approximate surface area is 190 Å². The number of likely N-dealkylation sites (tertiary alicyclic amines) is 1. The molecule has 33 heavy (non-hydrogen) atoms. The molecule has 2 fully saturated rings. The van der Waals surface area contributed by atoms with E-state index in [9.17, 15) is 18.0 Å². The van der Waals surface area contributed by atoms with E-state index in [1.807, 2.05) is 9.80 Å². The Morgan fingerprint density at radius 3 is 2.24 bits per heavy atom. The smallest absolute Gasteiger partial charge is 0.350 e. The van der Waals surface area contributed by atoms with Gasteiger partial charge in [0.2, 0.25) is 0 Å². The number of piperazine rings is 1. The van der Waals surface area contributed by atoms with E-state index in [1.165, 1.54) is 31.2 Å². The number of nitrogens with zero attached hydrogens (tertiary/aromatic N) is 5. The highest BCUT2D eigenvalue weighted by Crippen LogP contribution is 2.31. The summed E-state index contributed by atoms with van der Waals surface area (Å²) in [5.41, 5.74) is 0.394. The molecule has 1 N–H and O–H groups in total. The maximum atomic E-state index is 12.8. The van der Waals surface area contributed by atoms with Gasteiger partial charge in [-0.3, -0.25) is 9.69 Å². The third-order valence-electron chi connectivity index (χ3n) is 5.94. The minimum Gasteiger partial charge on any atom is -0.350 e. The molecule has 0 radical (unpaired) electrons. The van der Waals surface area contributed by atoms with Crippen LogP contribution in [0.1, 0.15) is 18.4 Å². The lowest BCUT2D eigenvalue weighted by molar-refractivity contribution is -0.137. The van der Waals surface area contributed by atoms with Gasteiger partial charge in [0, 0.05) is 56.4 Å². The molecule has 176 valence electrons. The van der Waals surface area contributed by atoms with Crippen LogP contribution in [0.2, 0.25) is 0 Å². The zero-order valence-corrected chi connectivity index (χ0v) is 18.3. The SMILES string of the molecule is C=C(CN1CCCC1)C(=O)N1CCN(c2nccnc2Nc2ccc(C(F)(F)F)cc2)CC1. The van der Waals surface area contributed by atoms with Gasteiger partial charge < -0.3 is 15.1 Å². The number of halogens is 3. The molecule has 2 aromatic rings. The zero-order valence-electron chi connectivity index (χ0n) is 18.3. The van der Waals surface area contributed by atoms with Gasteiger partial charge in [-0.25, -0.2) is 9.97 Å². The quantitative estimate of drug-likeness (QED) is 0.666. The second-order valence-electron chi connectivity index (χ2n) is 8.29. The normalized spacial score (nSPS) is 17.3. The summed E-state index contributed by atoms with van der Waals surface area (Å²) in [7, 11) is 0. The molecular formula is C23H27F3N6O. The molecule has 1 amide bonds. The predicted octanol–water partition coefficient (Wildman–Crippen LogP) is 3.54. The van der Waals surface area contributed by atoms with E-state index in [0.29, 0.717) is 55.6 Å². The molecule has 2 saturated heterocycles. The Hall–Kier alpha value is -3.14. The van der Waals surface area contributed by atoms with Gasteiger partial charge in [0.15, 0.2) is 11.6 Å². The fourth-order valence-corrected chi connectivity index (χ4v) is 4.15. The number of amides is 1. The molecule has 0 aliphatic carbocycles. The summed E-state index contributed by atoms with van der Waals surface area (Å²) >= 11 is 0. The van der Waals surface area contributed by atoms with Crippen LogP contribution in [0.5, 0.6) is 0 Å². The Bertz CT molecular complexity index is 980. The van der Waals surface area contributed by atoms with Crippen molar-refractivity contribution in [2.45, 2.75) is 19.0 Å². The first-order valence-corrected chi connectivity index (χ1v) is 11.0. The molecule has 1 aromatic carbocycles. The van der Waals surface area contributed by atoms with Crippen molar-refractivity contribution in [2.24, 2.45) is 0 Å². The van der Waals surface area contributed by atoms with Crippen LogP contribution in [0.3, 0.4) is 0 Å². The van der Waals surface area contributed by atoms with Gasteiger partial charge in [0.25, 0.3) is 5.91 Å². The Balaban J connectivity index is 1.37. The van der Waals surface area contributed by atoms with Crippen LogP contribution in [0.4, 0.5) is 30.5 Å². The summed E-state index contributed by atoms with van der Waals surface area (Å²) < 4.78 is 38.4. The van der Waals surface area contributed by atoms with Gasteiger partial charge in [-0.2, -0.15) is 13.2 Å². The largest absolute Gasteiger partial charge is 0.416 e. The number of hydrogen-bond acceptors (Lipinski definition) is 6. The molecule has 3 heterocycles. The van der Waals surface area contributed by atoms with Crippen molar-refractivity contribution < 1.29 is 18.0 Å². The number of carbonyl (C=O) groups excluding carboxylic acids is 1. The van der Waals surface area contributed by atoms with Crippen molar-refractivity contribution in [1.82, 2.24) is 19.8 Å². The summed E-state index contributed by atoms with van der Waals surface area (Å²) in [6, 6.07) is 4.78. The van der Waals surface area contributed by atoms with E-state index in [4.69, 9.17) is 0 Å². The average Bonchev–Trinajstić information content (AvgIpc) is 3.32. The summed E-state index contributed by atoms with van der Waals surface area (Å²) in [5, 5.41) is 3.06. The van der Waals surface area contributed by atoms with E-state index in [0.717, 1.165) is 25.2 Å². The third-order valence-corrected chi connectivity index (χ3v) is 5.94. The molecule has 2 aliphatic rings. The standard InChI is InChI=1S/C23H27F3N6O/c1-17(16-30-10-2-3-11-30)22(33)32-14-12-31(13-15-32)21-20(27-8-9-28-21)29-19-6-4-18(5-7-19)23(24,25)26/h4-9H,1-3,10-16H2,(H,27,29). The van der Waals surface area contributed by atoms with Crippen LogP contribution in [-0.4, -0.2) is 71.5 Å². The van der Waals surface area contributed by atoms with E-state index >= 15 is 0 Å². The van der Waals surface area contributed by atoms with Crippen LogP contribution in [0, 0.1) is 0 Å². The molecule has 7 nitrogen and oxygen atoms in total. The predicted molar refractivity (Wildman–Crippen MR) is 120 cm³/mol. The molecule has 2 aliphatic heterocycles. The summed E-state index contributed by atoms with van der Waals surface area (Å²) in [5.74, 6) is 1.04. The Morgan fingerprint density at radius 2 is 1.61 bits per heavy atom. The lowest BCUT2D eigenvalue weighted by Gasteiger charge is -2.36. The topological polar surface area (TPSA) is 64.6 Å². The van der Waals surface area contributed by atoms with E-state index < -0.39 is 11.7 Å². The Kier molecular flexibility index (Phi) is 6.83. The van der Waals surface area contributed by atoms with Crippen molar-refractivity contribution in [1.29, 1.82) is 0 Å². The first kappa shape index (κ1) is 23.0. The van der Waals surface area contributed by atoms with Crippen LogP contribution >= 0.6 is 0 Å². The summed E-state index contributed by atoms with van der Waals surface area (Å²) in [6.45, 7) is 8.87. The minimum atomic E-state index is -4.38. The van der Waals surface area contributed by atoms with Crippen molar-refractivity contribution in [2.75, 3.05) is 56.0 Å². The van der Waals surface area contributed by atoms with Crippen molar-refractivity contribution in [3.8, 4) is 0 Å². The number of rotatable bonds is 6. The number of alkyl halides is 3. The first-order chi connectivity index (χ1) is 15.8. The van der Waals surface area contributed by atoms with Crippen LogP contribution in [0.25, 0.3) is 0 Å². The van der Waals surface area contributed by atoms with Crippen LogP contribution in [0.15, 0.2) is 48.8 Å². The van der Waals surface area contributed by atoms with Gasteiger partial charge in [-0.15, -0.1) is 0 Å². The van der Waals surface area contributed by atoms with E-state index in [-0.39, 0.29) is 5.91 Å². The number of nitrogens with one attached hydrogen (secondary N) is 1. The fourth-order valence-electron chi connectivity index (χ4n) is 4.15. The van der Waals surface area contributed by atoms with Gasteiger partial charge in [-0.1, -0.05) is 6.58 Å². The average molecular weight is 461 g/mol. The highest BCUT2D eigenvalue weighted by atomic mass is 19.4. The first-order valence-electron chi connectivity index (χ1n) is 11.0. The second kappa shape index (κ2) is 9.78. The Morgan fingerprint density at radius 1 is 0.970 bits per heavy atom. The maximum Gasteiger partial charge on any atom is 0.416 e. The van der Waals surface area contributed by atoms with Crippen LogP contribution < -0.4 is 10.2 Å². The molecule has 0 bridgehead atoms. The molecule has 0 atom stereocenters. The minimum absolute atomic E-state index is 0.0104. The molecule has 10 heteroatoms. The highest BCUT2D eigenvalue weighted by molar-refractivity contribution is 5.93. The van der Waals surface area contributed by atoms with Gasteiger partial charge in [0.1, 0.15) is 0 Å². The van der Waals surface area contributed by atoms with Crippen LogP contribution in [-0.2, 0) is 11.0 Å². The van der Waals surface area contributed by atoms with Gasteiger partial charge in [0.05, 0.1) is 5.56 Å². The number of aromatic nitrogens is 2. The maximum absolute atomic E-state index is 12.8. The molecular weight excluding hydrogens is 433 g/mol. The second-order valence-corrected chi connectivity index (χ2v) is 8.29. The number of anilines is 3. The lowest BCUT2D eigenvalue weighted by atomic mass is 10.2. The highest BCUT2D eigenvalue weighted by Gasteiger charge is 2.30. The number of carbonyl (C=O) groups is 1. The third kappa shape index (κ3) is 5.62. The fraction of sp³-hybridized carbons (Fsp3) is 0.435. The van der Waals surface area contributed by atoms with Crippen molar-refractivity contribution >= 4 is 23.2 Å². The molecule has 0 saturated carbocycles. The molecule has 4 rings (SSSR count). The summed E-state index contributed by atoms with van der Waals surface area (Å²) in [4.78, 5) is 27.6. The number of hydrogen-bond donors (Lipinski definition) is 1. The zero-order chi connectivity index (χ0) is 23.4. The lowest BCUT2D eigenvalue weighted by Crippen LogP contribution is -2.50. The molecule has 1 aromatic heterocycles. The summed E-state index contributed by atoms with van der Waals surface area (Å²) in [6.07, 6.45) is 1.05. The van der Waals surface area contributed by atoms with Gasteiger partial charge in [-0.05, 0) is 50.2 Å². The van der Waals surface area contributed by atoms with E-state index in [2.05, 4.69) is 26.8 Å².